The number of benzene rings is 2. The molecule has 2 heterocycles. The maximum atomic E-state index is 13.5. The molecule has 1 unspecified atom stereocenters. The number of fused-ring (bicyclic) bond motifs is 1. The van der Waals surface area contributed by atoms with Crippen molar-refractivity contribution in [2.45, 2.75) is 56.5 Å². The Morgan fingerprint density at radius 1 is 1.04 bits per heavy atom. The maximum Gasteiger partial charge on any atom is 0.341 e. The van der Waals surface area contributed by atoms with Gasteiger partial charge in [0.05, 0.1) is 50.3 Å². The van der Waals surface area contributed by atoms with Crippen LogP contribution >= 0.6 is 23.1 Å². The van der Waals surface area contributed by atoms with Crippen LogP contribution in [0, 0.1) is 0 Å². The van der Waals surface area contributed by atoms with E-state index in [1.54, 1.807) is 32.6 Å². The van der Waals surface area contributed by atoms with Gasteiger partial charge in [-0.05, 0) is 68.5 Å². The Bertz CT molecular complexity index is 1680. The molecule has 0 radical (unpaired) electrons. The second-order valence-corrected chi connectivity index (χ2v) is 12.7. The summed E-state index contributed by atoms with van der Waals surface area (Å²) in [5.74, 6) is 0.884. The zero-order chi connectivity index (χ0) is 31.9. The molecule has 2 N–H and O–H groups in total. The number of thiophene rings is 1. The number of nitrogens with zero attached hydrogens (tertiary/aromatic N) is 3. The number of anilines is 1. The van der Waals surface area contributed by atoms with Crippen LogP contribution in [0.5, 0.6) is 11.5 Å². The van der Waals surface area contributed by atoms with Gasteiger partial charge in [-0.3, -0.25) is 14.2 Å². The Labute approximate surface area is 269 Å². The number of thioether (sulfide) groups is 1. The molecule has 45 heavy (non-hydrogen) atoms. The van der Waals surface area contributed by atoms with Gasteiger partial charge in [0, 0.05) is 4.88 Å². The van der Waals surface area contributed by atoms with Crippen LogP contribution in [0.15, 0.2) is 53.7 Å². The summed E-state index contributed by atoms with van der Waals surface area (Å²) in [6.45, 7) is 3.89. The summed E-state index contributed by atoms with van der Waals surface area (Å²) in [5, 5.41) is 15.0. The van der Waals surface area contributed by atoms with Gasteiger partial charge in [0.15, 0.2) is 11.0 Å². The molecule has 1 aliphatic carbocycles. The number of hydrogen-bond acceptors (Lipinski definition) is 10. The molecule has 0 spiro atoms. The quantitative estimate of drug-likeness (QED) is 0.152. The van der Waals surface area contributed by atoms with Crippen LogP contribution in [-0.4, -0.2) is 58.6 Å². The Kier molecular flexibility index (Phi) is 10.4. The fourth-order valence-corrected chi connectivity index (χ4v) is 7.21. The Morgan fingerprint density at radius 2 is 1.82 bits per heavy atom. The number of carbonyl (C=O) groups is 3. The molecule has 0 aliphatic heterocycles. The van der Waals surface area contributed by atoms with Crippen LogP contribution in [0.1, 0.15) is 52.5 Å². The molecule has 1 atom stereocenters. The standard InChI is InChI=1S/C32H35N5O6S2/c1-5-43-31(40)28-22-9-8-12-25(22)45-30(28)34-29(39)19(2)44-32-36-35-26(37(32)23-10-6-7-11-24(23)42-4)18-33-27(38)17-20-13-15-21(41-3)16-14-20/h6-7,10-11,13-16,19H,5,8-9,12,17-18H2,1-4H3,(H,33,38)(H,34,39). The highest BCUT2D eigenvalue weighted by atomic mass is 32.2. The number of amides is 2. The number of esters is 1. The number of para-hydroxylation sites is 2. The molecule has 236 valence electrons. The van der Waals surface area contributed by atoms with Crippen LogP contribution in [-0.2, 0) is 40.1 Å². The predicted molar refractivity (Wildman–Crippen MR) is 173 cm³/mol. The number of carbonyl (C=O) groups excluding carboxylic acids is 3. The van der Waals surface area contributed by atoms with E-state index in [9.17, 15) is 14.4 Å². The summed E-state index contributed by atoms with van der Waals surface area (Å²) >= 11 is 2.65. The molecule has 0 saturated carbocycles. The fraction of sp³-hybridized carbons (Fsp3) is 0.344. The van der Waals surface area contributed by atoms with E-state index >= 15 is 0 Å². The zero-order valence-electron chi connectivity index (χ0n) is 25.5. The second kappa shape index (κ2) is 14.6. The van der Waals surface area contributed by atoms with Crippen molar-refractivity contribution in [1.29, 1.82) is 0 Å². The highest BCUT2D eigenvalue weighted by molar-refractivity contribution is 8.00. The van der Waals surface area contributed by atoms with Crippen molar-refractivity contribution in [2.24, 2.45) is 0 Å². The van der Waals surface area contributed by atoms with Crippen LogP contribution in [0.4, 0.5) is 5.00 Å². The van der Waals surface area contributed by atoms with Crippen LogP contribution in [0.25, 0.3) is 5.69 Å². The van der Waals surface area contributed by atoms with Crippen LogP contribution < -0.4 is 20.1 Å². The predicted octanol–water partition coefficient (Wildman–Crippen LogP) is 4.99. The van der Waals surface area contributed by atoms with Gasteiger partial charge in [-0.1, -0.05) is 36.0 Å². The minimum atomic E-state index is -0.604. The molecule has 4 aromatic rings. The molecule has 2 aromatic carbocycles. The van der Waals surface area contributed by atoms with Crippen molar-refractivity contribution >= 4 is 45.9 Å². The zero-order valence-corrected chi connectivity index (χ0v) is 27.2. The molecule has 2 aromatic heterocycles. The average molecular weight is 650 g/mol. The molecule has 11 nitrogen and oxygen atoms in total. The molecule has 1 aliphatic rings. The summed E-state index contributed by atoms with van der Waals surface area (Å²) in [6, 6.07) is 14.7. The molecular formula is C32H35N5O6S2. The van der Waals surface area contributed by atoms with Crippen molar-refractivity contribution in [1.82, 2.24) is 20.1 Å². The van der Waals surface area contributed by atoms with E-state index in [2.05, 4.69) is 20.8 Å². The van der Waals surface area contributed by atoms with E-state index in [0.29, 0.717) is 33.0 Å². The highest BCUT2D eigenvalue weighted by Gasteiger charge is 2.30. The van der Waals surface area contributed by atoms with Gasteiger partial charge in [-0.15, -0.1) is 21.5 Å². The molecular weight excluding hydrogens is 615 g/mol. The van der Waals surface area contributed by atoms with Crippen LogP contribution in [0.3, 0.4) is 0 Å². The first-order chi connectivity index (χ1) is 21.8. The first kappa shape index (κ1) is 32.0. The number of hydrogen-bond donors (Lipinski definition) is 2. The fourth-order valence-electron chi connectivity index (χ4n) is 5.05. The lowest BCUT2D eigenvalue weighted by Crippen LogP contribution is -2.26. The van der Waals surface area contributed by atoms with Gasteiger partial charge >= 0.3 is 5.97 Å². The number of aryl methyl sites for hydroxylation is 1. The normalized spacial score (nSPS) is 12.7. The molecule has 0 fully saturated rings. The monoisotopic (exact) mass is 649 g/mol. The topological polar surface area (TPSA) is 134 Å². The number of rotatable bonds is 13. The maximum absolute atomic E-state index is 13.5. The third kappa shape index (κ3) is 7.31. The molecule has 2 amide bonds. The Hall–Kier alpha value is -4.36. The van der Waals surface area contributed by atoms with E-state index in [0.717, 1.165) is 41.0 Å². The number of methoxy groups -OCH3 is 2. The molecule has 0 bridgehead atoms. The van der Waals surface area contributed by atoms with Crippen molar-refractivity contribution in [3.8, 4) is 17.2 Å². The van der Waals surface area contributed by atoms with Gasteiger partial charge in [-0.25, -0.2) is 4.79 Å². The van der Waals surface area contributed by atoms with Gasteiger partial charge in [0.1, 0.15) is 16.5 Å². The lowest BCUT2D eigenvalue weighted by molar-refractivity contribution is -0.120. The lowest BCUT2D eigenvalue weighted by atomic mass is 10.1. The SMILES string of the molecule is CCOC(=O)c1c(NC(=O)C(C)Sc2nnc(CNC(=O)Cc3ccc(OC)cc3)n2-c2ccccc2OC)sc2c1CCC2. The highest BCUT2D eigenvalue weighted by Crippen LogP contribution is 2.40. The van der Waals surface area contributed by atoms with Crippen molar-refractivity contribution in [3.63, 3.8) is 0 Å². The van der Waals surface area contributed by atoms with E-state index in [1.807, 2.05) is 48.5 Å². The van der Waals surface area contributed by atoms with Gasteiger partial charge in [0.25, 0.3) is 0 Å². The van der Waals surface area contributed by atoms with Gasteiger partial charge < -0.3 is 24.8 Å². The van der Waals surface area contributed by atoms with Crippen molar-refractivity contribution in [3.05, 3.63) is 75.9 Å². The molecule has 5 rings (SSSR count). The minimum Gasteiger partial charge on any atom is -0.497 e. The van der Waals surface area contributed by atoms with E-state index in [-0.39, 0.29) is 31.4 Å². The van der Waals surface area contributed by atoms with E-state index < -0.39 is 11.2 Å². The third-order valence-corrected chi connectivity index (χ3v) is 9.53. The second-order valence-electron chi connectivity index (χ2n) is 10.2. The summed E-state index contributed by atoms with van der Waals surface area (Å²) in [4.78, 5) is 40.2. The van der Waals surface area contributed by atoms with Crippen molar-refractivity contribution in [2.75, 3.05) is 26.1 Å². The minimum absolute atomic E-state index is 0.102. The number of ether oxygens (including phenoxy) is 3. The van der Waals surface area contributed by atoms with Gasteiger partial charge in [0.2, 0.25) is 11.8 Å². The van der Waals surface area contributed by atoms with E-state index in [4.69, 9.17) is 14.2 Å². The third-order valence-electron chi connectivity index (χ3n) is 7.28. The Balaban J connectivity index is 1.34. The smallest absolute Gasteiger partial charge is 0.341 e. The molecule has 13 heteroatoms. The average Bonchev–Trinajstić information content (AvgIpc) is 3.75. The first-order valence-electron chi connectivity index (χ1n) is 14.6. The first-order valence-corrected chi connectivity index (χ1v) is 16.3. The van der Waals surface area contributed by atoms with Crippen LogP contribution in [0.2, 0.25) is 0 Å². The summed E-state index contributed by atoms with van der Waals surface area (Å²) < 4.78 is 17.9. The van der Waals surface area contributed by atoms with Gasteiger partial charge in [-0.2, -0.15) is 0 Å². The number of aromatic nitrogens is 3. The van der Waals surface area contributed by atoms with Crippen molar-refractivity contribution < 1.29 is 28.6 Å². The summed E-state index contributed by atoms with van der Waals surface area (Å²) in [7, 11) is 3.16. The van der Waals surface area contributed by atoms with E-state index in [1.165, 1.54) is 23.1 Å². The molecule has 0 saturated heterocycles. The number of nitrogens with one attached hydrogen (secondary N) is 2. The largest absolute Gasteiger partial charge is 0.497 e. The summed E-state index contributed by atoms with van der Waals surface area (Å²) in [5.41, 5.74) is 2.95. The Morgan fingerprint density at radius 3 is 2.56 bits per heavy atom. The summed E-state index contributed by atoms with van der Waals surface area (Å²) in [6.07, 6.45) is 2.85. The lowest BCUT2D eigenvalue weighted by Gasteiger charge is -2.16.